The van der Waals surface area contributed by atoms with Crippen molar-refractivity contribution < 1.29 is 19.4 Å². The number of nitrogens with zero attached hydrogens (tertiary/aromatic N) is 2. The maximum atomic E-state index is 11.1. The van der Waals surface area contributed by atoms with Crippen LogP contribution in [0.25, 0.3) is 10.9 Å². The van der Waals surface area contributed by atoms with Gasteiger partial charge in [-0.25, -0.2) is 0 Å². The average molecular weight is 449 g/mol. The highest BCUT2D eigenvalue weighted by Gasteiger charge is 2.16. The highest BCUT2D eigenvalue weighted by molar-refractivity contribution is 5.86. The summed E-state index contributed by atoms with van der Waals surface area (Å²) in [7, 11) is 1.69. The molecule has 3 rings (SSSR count). The predicted octanol–water partition coefficient (Wildman–Crippen LogP) is 5.31. The first-order valence-electron chi connectivity index (χ1n) is 11.2. The lowest BCUT2D eigenvalue weighted by atomic mass is 9.96. The molecule has 0 saturated carbocycles. The molecule has 0 bridgehead atoms. The number of aliphatic carboxylic acids is 1. The summed E-state index contributed by atoms with van der Waals surface area (Å²) in [6, 6.07) is 11.7. The minimum atomic E-state index is -0.862. The van der Waals surface area contributed by atoms with Gasteiger partial charge in [-0.15, -0.1) is 5.92 Å². The number of carbonyl (C=O) groups is 1. The molecule has 0 saturated heterocycles. The SMILES string of the molecule is CC#C[C@@H](CC(=O)O)c1ccc(OCc2ccc3c(COC)nn(CC(C)C)c3c2C)cc1. The van der Waals surface area contributed by atoms with Gasteiger partial charge in [0.25, 0.3) is 0 Å². The van der Waals surface area contributed by atoms with Crippen LogP contribution >= 0.6 is 0 Å². The van der Waals surface area contributed by atoms with Crippen LogP contribution in [0.4, 0.5) is 0 Å². The quantitative estimate of drug-likeness (QED) is 0.426. The molecule has 1 aromatic heterocycles. The summed E-state index contributed by atoms with van der Waals surface area (Å²) in [6.45, 7) is 9.95. The van der Waals surface area contributed by atoms with Crippen molar-refractivity contribution in [1.29, 1.82) is 0 Å². The van der Waals surface area contributed by atoms with E-state index < -0.39 is 5.97 Å². The van der Waals surface area contributed by atoms with E-state index >= 15 is 0 Å². The first-order chi connectivity index (χ1) is 15.8. The van der Waals surface area contributed by atoms with E-state index in [0.717, 1.165) is 45.6 Å². The molecule has 33 heavy (non-hydrogen) atoms. The number of fused-ring (bicyclic) bond motifs is 1. The molecule has 0 unspecified atom stereocenters. The Morgan fingerprint density at radius 2 is 1.88 bits per heavy atom. The highest BCUT2D eigenvalue weighted by Crippen LogP contribution is 2.28. The zero-order valence-corrected chi connectivity index (χ0v) is 20.0. The molecule has 0 spiro atoms. The molecule has 0 radical (unpaired) electrons. The molecule has 2 aromatic carbocycles. The molecule has 6 nitrogen and oxygen atoms in total. The van der Waals surface area contributed by atoms with Crippen molar-refractivity contribution in [3.8, 4) is 17.6 Å². The van der Waals surface area contributed by atoms with Crippen LogP contribution in [0.5, 0.6) is 5.75 Å². The fraction of sp³-hybridized carbons (Fsp3) is 0.407. The summed E-state index contributed by atoms with van der Waals surface area (Å²) in [5, 5.41) is 15.0. The molecule has 0 aliphatic carbocycles. The van der Waals surface area contributed by atoms with E-state index in [1.807, 2.05) is 24.3 Å². The number of carboxylic acids is 1. The Balaban J connectivity index is 1.81. The fourth-order valence-corrected chi connectivity index (χ4v) is 3.99. The molecule has 1 heterocycles. The van der Waals surface area contributed by atoms with Crippen molar-refractivity contribution in [2.75, 3.05) is 7.11 Å². The Bertz CT molecular complexity index is 1170. The molecule has 6 heteroatoms. The summed E-state index contributed by atoms with van der Waals surface area (Å²) >= 11 is 0. The Kier molecular flexibility index (Phi) is 8.13. The van der Waals surface area contributed by atoms with Gasteiger partial charge in [-0.05, 0) is 48.6 Å². The van der Waals surface area contributed by atoms with Crippen LogP contribution in [0.2, 0.25) is 0 Å². The summed E-state index contributed by atoms with van der Waals surface area (Å²) in [5.41, 5.74) is 5.20. The summed E-state index contributed by atoms with van der Waals surface area (Å²) in [6.07, 6.45) is -0.0185. The third-order valence-corrected chi connectivity index (χ3v) is 5.55. The number of ether oxygens (including phenoxy) is 2. The van der Waals surface area contributed by atoms with Crippen LogP contribution in [0.3, 0.4) is 0 Å². The lowest BCUT2D eigenvalue weighted by Crippen LogP contribution is -2.08. The maximum absolute atomic E-state index is 11.1. The topological polar surface area (TPSA) is 73.6 Å². The molecule has 0 aliphatic rings. The zero-order valence-electron chi connectivity index (χ0n) is 20.0. The largest absolute Gasteiger partial charge is 0.489 e. The molecule has 0 aliphatic heterocycles. The molecule has 3 aromatic rings. The van der Waals surface area contributed by atoms with Crippen LogP contribution < -0.4 is 4.74 Å². The first-order valence-corrected chi connectivity index (χ1v) is 11.2. The van der Waals surface area contributed by atoms with Gasteiger partial charge in [0, 0.05) is 19.0 Å². The molecule has 174 valence electrons. The second-order valence-electron chi connectivity index (χ2n) is 8.60. The van der Waals surface area contributed by atoms with Crippen LogP contribution in [0.15, 0.2) is 36.4 Å². The molecular formula is C27H32N2O4. The van der Waals surface area contributed by atoms with Crippen molar-refractivity contribution in [3.05, 3.63) is 58.8 Å². The van der Waals surface area contributed by atoms with Crippen molar-refractivity contribution in [2.24, 2.45) is 5.92 Å². The number of hydrogen-bond acceptors (Lipinski definition) is 4. The second kappa shape index (κ2) is 11.0. The Morgan fingerprint density at radius 3 is 2.48 bits per heavy atom. The number of benzene rings is 2. The number of hydrogen-bond donors (Lipinski definition) is 1. The predicted molar refractivity (Wildman–Crippen MR) is 129 cm³/mol. The minimum absolute atomic E-state index is 0.0185. The van der Waals surface area contributed by atoms with Gasteiger partial charge in [-0.1, -0.05) is 44.0 Å². The maximum Gasteiger partial charge on any atom is 0.304 e. The van der Waals surface area contributed by atoms with E-state index in [-0.39, 0.29) is 12.3 Å². The third-order valence-electron chi connectivity index (χ3n) is 5.55. The van der Waals surface area contributed by atoms with Gasteiger partial charge in [0.1, 0.15) is 12.4 Å². The average Bonchev–Trinajstić information content (AvgIpc) is 3.10. The summed E-state index contributed by atoms with van der Waals surface area (Å²) in [5.74, 6) is 5.81. The lowest BCUT2D eigenvalue weighted by Gasteiger charge is -2.13. The van der Waals surface area contributed by atoms with Crippen molar-refractivity contribution in [3.63, 3.8) is 0 Å². The van der Waals surface area contributed by atoms with E-state index in [1.54, 1.807) is 14.0 Å². The fourth-order valence-electron chi connectivity index (χ4n) is 3.99. The second-order valence-corrected chi connectivity index (χ2v) is 8.60. The highest BCUT2D eigenvalue weighted by atomic mass is 16.5. The Labute approximate surface area is 195 Å². The van der Waals surface area contributed by atoms with Crippen LogP contribution in [-0.2, 0) is 29.3 Å². The molecule has 0 amide bonds. The van der Waals surface area contributed by atoms with Crippen LogP contribution in [0.1, 0.15) is 55.5 Å². The number of carboxylic acid groups (broad SMARTS) is 1. The molecule has 1 atom stereocenters. The van der Waals surface area contributed by atoms with E-state index in [1.165, 1.54) is 0 Å². The van der Waals surface area contributed by atoms with Gasteiger partial charge in [0.2, 0.25) is 0 Å². The van der Waals surface area contributed by atoms with E-state index in [9.17, 15) is 4.79 Å². The van der Waals surface area contributed by atoms with E-state index in [2.05, 4.69) is 49.4 Å². The lowest BCUT2D eigenvalue weighted by molar-refractivity contribution is -0.137. The normalized spacial score (nSPS) is 11.9. The molecule has 1 N–H and O–H groups in total. The van der Waals surface area contributed by atoms with Gasteiger partial charge in [0.15, 0.2) is 0 Å². The van der Waals surface area contributed by atoms with Crippen molar-refractivity contribution >= 4 is 16.9 Å². The van der Waals surface area contributed by atoms with Gasteiger partial charge < -0.3 is 14.6 Å². The standard InChI is InChI=1S/C27H32N2O4/c1-6-7-21(14-26(30)31)20-8-11-23(12-9-20)33-16-22-10-13-24-25(17-32-5)28-29(15-18(2)3)27(24)19(22)4/h8-13,18,21H,14-17H2,1-5H3,(H,30,31)/t21-/m0/s1. The van der Waals surface area contributed by atoms with Gasteiger partial charge in [-0.3, -0.25) is 9.48 Å². The smallest absolute Gasteiger partial charge is 0.304 e. The zero-order chi connectivity index (χ0) is 24.0. The van der Waals surface area contributed by atoms with Gasteiger partial charge in [0.05, 0.1) is 30.2 Å². The Morgan fingerprint density at radius 1 is 1.15 bits per heavy atom. The van der Waals surface area contributed by atoms with E-state index in [4.69, 9.17) is 19.7 Å². The molecule has 0 fully saturated rings. The van der Waals surface area contributed by atoms with Gasteiger partial charge >= 0.3 is 5.97 Å². The number of rotatable bonds is 10. The monoisotopic (exact) mass is 448 g/mol. The third kappa shape index (κ3) is 5.94. The van der Waals surface area contributed by atoms with Crippen molar-refractivity contribution in [1.82, 2.24) is 9.78 Å². The van der Waals surface area contributed by atoms with Gasteiger partial charge in [-0.2, -0.15) is 5.10 Å². The Hall–Kier alpha value is -3.30. The number of aryl methyl sites for hydroxylation is 1. The number of methoxy groups -OCH3 is 1. The summed E-state index contributed by atoms with van der Waals surface area (Å²) < 4.78 is 13.5. The number of aromatic nitrogens is 2. The van der Waals surface area contributed by atoms with E-state index in [0.29, 0.717) is 19.1 Å². The van der Waals surface area contributed by atoms with Crippen LogP contribution in [-0.4, -0.2) is 28.0 Å². The summed E-state index contributed by atoms with van der Waals surface area (Å²) in [4.78, 5) is 11.1. The molecular weight excluding hydrogens is 416 g/mol. The van der Waals surface area contributed by atoms with Crippen LogP contribution in [0, 0.1) is 24.7 Å². The first kappa shape index (κ1) is 24.3. The minimum Gasteiger partial charge on any atom is -0.489 e. The van der Waals surface area contributed by atoms with Crippen molar-refractivity contribution in [2.45, 2.75) is 59.8 Å².